The lowest BCUT2D eigenvalue weighted by Gasteiger charge is -2.02. The second kappa shape index (κ2) is 3.05. The van der Waals surface area contributed by atoms with Crippen molar-refractivity contribution in [2.45, 2.75) is 0 Å². The zero-order chi connectivity index (χ0) is 8.43. The molecule has 1 aromatic rings. The molecule has 0 aliphatic rings. The lowest BCUT2D eigenvalue weighted by atomic mass is 10.3. The third-order valence-electron chi connectivity index (χ3n) is 1.28. The predicted octanol–water partition coefficient (Wildman–Crippen LogP) is 2.66. The highest BCUT2D eigenvalue weighted by atomic mass is 35.5. The van der Waals surface area contributed by atoms with Crippen LogP contribution >= 0.6 is 11.6 Å². The normalized spacial score (nSPS) is 9.82. The largest absolute Gasteiger partial charge is 0.386 e. The molecule has 0 aliphatic carbocycles. The van der Waals surface area contributed by atoms with E-state index in [-0.39, 0.29) is 10.7 Å². The van der Waals surface area contributed by atoms with Crippen molar-refractivity contribution in [2.75, 3.05) is 12.4 Å². The van der Waals surface area contributed by atoms with E-state index >= 15 is 0 Å². The smallest absolute Gasteiger partial charge is 0.147 e. The molecule has 0 fully saturated rings. The van der Waals surface area contributed by atoms with Crippen LogP contribution in [0.25, 0.3) is 0 Å². The Morgan fingerprint density at radius 2 is 1.91 bits per heavy atom. The molecule has 0 saturated carbocycles. The molecule has 11 heavy (non-hydrogen) atoms. The van der Waals surface area contributed by atoms with Gasteiger partial charge in [-0.05, 0) is 6.07 Å². The Hall–Kier alpha value is -0.830. The number of hydrogen-bond acceptors (Lipinski definition) is 1. The molecule has 0 radical (unpaired) electrons. The van der Waals surface area contributed by atoms with Gasteiger partial charge in [0.25, 0.3) is 0 Å². The molecule has 0 atom stereocenters. The molecule has 0 heterocycles. The molecule has 1 rings (SSSR count). The average Bonchev–Trinajstić information content (AvgIpc) is 1.97. The molecule has 1 aromatic carbocycles. The van der Waals surface area contributed by atoms with Crippen LogP contribution in [0.5, 0.6) is 0 Å². The third-order valence-corrected chi connectivity index (χ3v) is 1.57. The molecule has 0 aliphatic heterocycles. The summed E-state index contributed by atoms with van der Waals surface area (Å²) < 4.78 is 25.3. The first kappa shape index (κ1) is 8.27. The molecule has 60 valence electrons. The quantitative estimate of drug-likeness (QED) is 0.651. The monoisotopic (exact) mass is 177 g/mol. The Labute approximate surface area is 68.0 Å². The minimum Gasteiger partial charge on any atom is -0.386 e. The van der Waals surface area contributed by atoms with Gasteiger partial charge in [0.15, 0.2) is 0 Å². The van der Waals surface area contributed by atoms with Crippen LogP contribution in [0.2, 0.25) is 5.02 Å². The van der Waals surface area contributed by atoms with Crippen molar-refractivity contribution in [3.8, 4) is 0 Å². The molecular weight excluding hydrogens is 172 g/mol. The number of rotatable bonds is 1. The van der Waals surface area contributed by atoms with E-state index in [1.807, 2.05) is 0 Å². The van der Waals surface area contributed by atoms with Crippen molar-refractivity contribution >= 4 is 17.3 Å². The Balaban J connectivity index is 3.21. The summed E-state index contributed by atoms with van der Waals surface area (Å²) in [7, 11) is 1.51. The first-order valence-corrected chi connectivity index (χ1v) is 3.35. The zero-order valence-corrected chi connectivity index (χ0v) is 6.54. The van der Waals surface area contributed by atoms with Gasteiger partial charge in [0.2, 0.25) is 0 Å². The van der Waals surface area contributed by atoms with Gasteiger partial charge < -0.3 is 5.32 Å². The lowest BCUT2D eigenvalue weighted by molar-refractivity contribution is 0.603. The van der Waals surface area contributed by atoms with Crippen LogP contribution in [0.15, 0.2) is 12.1 Å². The van der Waals surface area contributed by atoms with E-state index < -0.39 is 11.6 Å². The molecule has 0 spiro atoms. The van der Waals surface area contributed by atoms with Crippen molar-refractivity contribution in [2.24, 2.45) is 0 Å². The average molecular weight is 178 g/mol. The number of hydrogen-bond donors (Lipinski definition) is 1. The second-order valence-corrected chi connectivity index (χ2v) is 2.40. The van der Waals surface area contributed by atoms with Crippen molar-refractivity contribution < 1.29 is 8.78 Å². The van der Waals surface area contributed by atoms with Crippen LogP contribution in [0.3, 0.4) is 0 Å². The van der Waals surface area contributed by atoms with Crippen molar-refractivity contribution in [3.63, 3.8) is 0 Å². The number of anilines is 1. The van der Waals surface area contributed by atoms with Gasteiger partial charge in [-0.3, -0.25) is 0 Å². The van der Waals surface area contributed by atoms with Crippen molar-refractivity contribution in [1.82, 2.24) is 0 Å². The first-order valence-electron chi connectivity index (χ1n) is 2.97. The van der Waals surface area contributed by atoms with E-state index in [9.17, 15) is 8.78 Å². The molecule has 0 saturated heterocycles. The van der Waals surface area contributed by atoms with E-state index in [4.69, 9.17) is 11.6 Å². The molecule has 0 unspecified atom stereocenters. The number of halogens is 3. The fourth-order valence-corrected chi connectivity index (χ4v) is 0.864. The van der Waals surface area contributed by atoms with Crippen LogP contribution < -0.4 is 5.32 Å². The molecule has 4 heteroatoms. The van der Waals surface area contributed by atoms with Gasteiger partial charge >= 0.3 is 0 Å². The summed E-state index contributed by atoms with van der Waals surface area (Å²) >= 11 is 5.30. The summed E-state index contributed by atoms with van der Waals surface area (Å²) in [5.41, 5.74) is 0.104. The summed E-state index contributed by atoms with van der Waals surface area (Å²) in [5, 5.41) is 2.28. The van der Waals surface area contributed by atoms with Crippen LogP contribution in [-0.2, 0) is 0 Å². The van der Waals surface area contributed by atoms with Crippen molar-refractivity contribution in [3.05, 3.63) is 28.8 Å². The van der Waals surface area contributed by atoms with Gasteiger partial charge in [-0.2, -0.15) is 0 Å². The molecule has 0 amide bonds. The zero-order valence-electron chi connectivity index (χ0n) is 5.79. The van der Waals surface area contributed by atoms with E-state index in [1.54, 1.807) is 0 Å². The fourth-order valence-electron chi connectivity index (χ4n) is 0.714. The van der Waals surface area contributed by atoms with E-state index in [0.717, 1.165) is 12.1 Å². The van der Waals surface area contributed by atoms with Crippen LogP contribution in [0.4, 0.5) is 14.5 Å². The first-order chi connectivity index (χ1) is 5.15. The van der Waals surface area contributed by atoms with Gasteiger partial charge in [-0.1, -0.05) is 11.6 Å². The minimum atomic E-state index is -0.627. The second-order valence-electron chi connectivity index (χ2n) is 2.00. The van der Waals surface area contributed by atoms with Gasteiger partial charge in [-0.25, -0.2) is 8.78 Å². The molecule has 1 nitrogen and oxygen atoms in total. The van der Waals surface area contributed by atoms with E-state index in [1.165, 1.54) is 7.05 Å². The standard InChI is InChI=1S/C7H6ClF2N/c1-11-7-3-5(9)4(8)2-6(7)10/h2-3,11H,1H3. The number of nitrogens with one attached hydrogen (secondary N) is 1. The Bertz CT molecular complexity index is 275. The topological polar surface area (TPSA) is 12.0 Å². The van der Waals surface area contributed by atoms with E-state index in [0.29, 0.717) is 0 Å². The van der Waals surface area contributed by atoms with Gasteiger partial charge in [0.1, 0.15) is 11.6 Å². The third kappa shape index (κ3) is 1.60. The molecule has 1 N–H and O–H groups in total. The summed E-state index contributed by atoms with van der Waals surface area (Å²) in [6.07, 6.45) is 0. The van der Waals surface area contributed by atoms with E-state index in [2.05, 4.69) is 5.32 Å². The van der Waals surface area contributed by atoms with Crippen LogP contribution in [0, 0.1) is 11.6 Å². The lowest BCUT2D eigenvalue weighted by Crippen LogP contribution is -1.93. The van der Waals surface area contributed by atoms with Crippen LogP contribution in [0.1, 0.15) is 0 Å². The highest BCUT2D eigenvalue weighted by Gasteiger charge is 2.05. The Morgan fingerprint density at radius 1 is 1.27 bits per heavy atom. The fraction of sp³-hybridized carbons (Fsp3) is 0.143. The summed E-state index contributed by atoms with van der Waals surface area (Å²) in [5.74, 6) is -1.18. The Kier molecular flexibility index (Phi) is 2.29. The van der Waals surface area contributed by atoms with Gasteiger partial charge in [0, 0.05) is 13.1 Å². The Morgan fingerprint density at radius 3 is 2.45 bits per heavy atom. The molecule has 0 aromatic heterocycles. The van der Waals surface area contributed by atoms with Gasteiger partial charge in [-0.15, -0.1) is 0 Å². The van der Waals surface area contributed by atoms with Crippen LogP contribution in [-0.4, -0.2) is 7.05 Å². The molecule has 0 bridgehead atoms. The highest BCUT2D eigenvalue weighted by Crippen LogP contribution is 2.21. The maximum absolute atomic E-state index is 12.7. The predicted molar refractivity (Wildman–Crippen MR) is 40.9 cm³/mol. The highest BCUT2D eigenvalue weighted by molar-refractivity contribution is 6.30. The SMILES string of the molecule is CNc1cc(F)c(Cl)cc1F. The maximum atomic E-state index is 12.7. The summed E-state index contributed by atoms with van der Waals surface area (Å²) in [4.78, 5) is 0. The summed E-state index contributed by atoms with van der Waals surface area (Å²) in [6, 6.07) is 1.94. The minimum absolute atomic E-state index is 0.104. The number of benzene rings is 1. The summed E-state index contributed by atoms with van der Waals surface area (Å²) in [6.45, 7) is 0. The van der Waals surface area contributed by atoms with Crippen molar-refractivity contribution in [1.29, 1.82) is 0 Å². The molecular formula is C7H6ClF2N. The maximum Gasteiger partial charge on any atom is 0.147 e. The van der Waals surface area contributed by atoms with Gasteiger partial charge in [0.05, 0.1) is 10.7 Å².